The topological polar surface area (TPSA) is 450 Å². The van der Waals surface area contributed by atoms with Crippen molar-refractivity contribution in [3.8, 4) is 0 Å². The van der Waals surface area contributed by atoms with E-state index in [1.54, 1.807) is 13.0 Å². The first-order valence-electron chi connectivity index (χ1n) is 27.3. The van der Waals surface area contributed by atoms with E-state index in [0.717, 1.165) is 32.1 Å². The molecule has 0 aliphatic carbocycles. The minimum absolute atomic E-state index is 0.232. The highest BCUT2D eigenvalue weighted by molar-refractivity contribution is 5.87. The van der Waals surface area contributed by atoms with Crippen molar-refractivity contribution in [2.45, 2.75) is 238 Å². The lowest BCUT2D eigenvalue weighted by molar-refractivity contribution is -0.400. The minimum Gasteiger partial charge on any atom is -0.429 e. The molecule has 0 bridgehead atoms. The summed E-state index contributed by atoms with van der Waals surface area (Å²) in [6.45, 7) is 3.96. The van der Waals surface area contributed by atoms with Gasteiger partial charge in [-0.3, -0.25) is 0 Å². The number of hydrogen-bond donors (Lipinski definition) is 15. The van der Waals surface area contributed by atoms with E-state index in [9.17, 15) is 81.4 Å². The highest BCUT2D eigenvalue weighted by Crippen LogP contribution is 2.35. The Kier molecular flexibility index (Phi) is 24.6. The molecule has 30 atom stereocenters. The van der Waals surface area contributed by atoms with Crippen LogP contribution in [0.15, 0.2) is 11.6 Å². The van der Waals surface area contributed by atoms with Gasteiger partial charge in [-0.25, -0.2) is 4.79 Å². The van der Waals surface area contributed by atoms with Crippen molar-refractivity contribution in [2.75, 3.05) is 46.2 Å². The van der Waals surface area contributed by atoms with Gasteiger partial charge >= 0.3 is 5.97 Å². The quantitative estimate of drug-likeness (QED) is 0.0354. The Bertz CT molecular complexity index is 1910. The fraction of sp³-hybridized carbons (Fsp3) is 0.940. The monoisotopic (exact) mass is 1160 g/mol. The maximum absolute atomic E-state index is 13.4. The summed E-state index contributed by atoms with van der Waals surface area (Å²) < 4.78 is 81.0. The van der Waals surface area contributed by atoms with Crippen molar-refractivity contribution >= 4 is 5.97 Å². The molecule has 464 valence electrons. The average molecular weight is 1170 g/mol. The molecule has 7 heterocycles. The van der Waals surface area contributed by atoms with Gasteiger partial charge in [-0.05, 0) is 31.6 Å². The minimum atomic E-state index is -1.96. The largest absolute Gasteiger partial charge is 0.429 e. The zero-order chi connectivity index (χ0) is 58.3. The average Bonchev–Trinajstić information content (AvgIpc) is 3.43. The molecule has 7 rings (SSSR count). The summed E-state index contributed by atoms with van der Waals surface area (Å²) >= 11 is 0. The molecule has 7 aliphatic heterocycles. The van der Waals surface area contributed by atoms with Crippen molar-refractivity contribution in [2.24, 2.45) is 11.8 Å². The smallest absolute Gasteiger partial charge is 0.335 e. The van der Waals surface area contributed by atoms with Crippen LogP contribution >= 0.6 is 0 Å². The number of hydrogen-bond acceptors (Lipinski definition) is 30. The van der Waals surface area contributed by atoms with Crippen LogP contribution in [0.3, 0.4) is 0 Å². The summed E-state index contributed by atoms with van der Waals surface area (Å²) in [6, 6.07) is 0. The Balaban J connectivity index is 1.05. The molecule has 0 aromatic carbocycles. The van der Waals surface area contributed by atoms with E-state index in [1.807, 2.05) is 0 Å². The van der Waals surface area contributed by atoms with E-state index in [2.05, 4.69) is 20.8 Å². The molecule has 30 nitrogen and oxygen atoms in total. The fourth-order valence-electron chi connectivity index (χ4n) is 10.0. The number of aliphatic hydroxyl groups excluding tert-OH is 15. The van der Waals surface area contributed by atoms with Gasteiger partial charge in [-0.15, -0.1) is 0 Å². The van der Waals surface area contributed by atoms with Gasteiger partial charge in [0.25, 0.3) is 0 Å². The molecular weight excluding hydrogens is 1080 g/mol. The molecule has 0 radical (unpaired) electrons. The second-order valence-corrected chi connectivity index (χ2v) is 21.8. The first-order valence-corrected chi connectivity index (χ1v) is 27.3. The van der Waals surface area contributed by atoms with Crippen LogP contribution in [-0.2, 0) is 71.1 Å². The van der Waals surface area contributed by atoms with Gasteiger partial charge < -0.3 is 143 Å². The molecule has 0 aromatic rings. The van der Waals surface area contributed by atoms with Gasteiger partial charge in [0, 0.05) is 5.57 Å². The van der Waals surface area contributed by atoms with Crippen LogP contribution in [0.2, 0.25) is 0 Å². The molecule has 0 unspecified atom stereocenters. The molecule has 0 spiro atoms. The third kappa shape index (κ3) is 16.1. The second kappa shape index (κ2) is 29.9. The van der Waals surface area contributed by atoms with Crippen LogP contribution in [0.4, 0.5) is 0 Å². The third-order valence-corrected chi connectivity index (χ3v) is 15.5. The molecule has 7 aliphatic rings. The molecule has 0 amide bonds. The summed E-state index contributed by atoms with van der Waals surface area (Å²) in [6.07, 6.45) is -42.8. The fourth-order valence-corrected chi connectivity index (χ4v) is 10.0. The molecular formula is C50H84O30. The van der Waals surface area contributed by atoms with Crippen LogP contribution in [-0.4, -0.2) is 301 Å². The standard InChI is InChI=1S/C50H84O30/c1-5-19(2)8-6-9-20(3)10-7-11-21(4)43(66)80-50-42(35(64)28(57)18-73-50)79-49-41(34(63)27(56)17-72-49)78-48-40(33(62)26(55)16-71-48)77-47-39(32(61)25(54)15-70-47)76-46-38(31(60)24(53)14-69-46)75-45-37(30(59)23(52)13-68-45)74-44-36(65)29(58)22(51)12-67-44/h11,19-20,22-42,44-65H,5-10,12-18H2,1-4H3/b21-11-/t19-,20-,22+,23+,24+,25+,26+,27+,28+,29+,30+,31+,32+,33+,34+,35+,36-,37-,38-,39-,40-,41-,42-,44+,45+,46+,47+,48+,49+,50+/m1/s1. The van der Waals surface area contributed by atoms with Crippen LogP contribution in [0, 0.1) is 11.8 Å². The zero-order valence-corrected chi connectivity index (χ0v) is 44.9. The Labute approximate surface area is 461 Å². The lowest BCUT2D eigenvalue weighted by Gasteiger charge is -2.48. The van der Waals surface area contributed by atoms with Crippen molar-refractivity contribution in [3.05, 3.63) is 11.6 Å². The number of esters is 1. The molecule has 80 heavy (non-hydrogen) atoms. The highest BCUT2D eigenvalue weighted by atomic mass is 16.8. The van der Waals surface area contributed by atoms with Gasteiger partial charge in [0.1, 0.15) is 122 Å². The number of carbonyl (C=O) groups excluding carboxylic acids is 1. The second-order valence-electron chi connectivity index (χ2n) is 21.8. The molecule has 0 saturated carbocycles. The van der Waals surface area contributed by atoms with Crippen molar-refractivity contribution < 1.29 is 148 Å². The molecule has 7 saturated heterocycles. The summed E-state index contributed by atoms with van der Waals surface area (Å²) in [5, 5.41) is 163. The van der Waals surface area contributed by atoms with Gasteiger partial charge in [0.05, 0.1) is 46.2 Å². The lowest BCUT2D eigenvalue weighted by Crippen LogP contribution is -2.65. The Morgan fingerprint density at radius 2 is 0.675 bits per heavy atom. The van der Waals surface area contributed by atoms with Crippen LogP contribution < -0.4 is 0 Å². The molecule has 7 fully saturated rings. The SMILES string of the molecule is CC[C@@H](C)CCC[C@@H](C)CC/C=C(/C)C(=O)O[C@@H]1OC[C@H](O)[C@H](O)[C@H]1O[C@@H]1OC[C@H](O)[C@H](O)[C@H]1O[C@@H]1OC[C@H](O)[C@H](O)[C@H]1O[C@@H]1OC[C@H](O)[C@H](O)[C@H]1O[C@@H]1OC[C@H](O)[C@H](O)[C@H]1O[C@@H]1OC[C@H](O)[C@H](O)[C@H]1O[C@@H]1OC[C@H](O)[C@H](O)[C@H]1O. The lowest BCUT2D eigenvalue weighted by atomic mass is 9.94. The summed E-state index contributed by atoms with van der Waals surface area (Å²) in [4.78, 5) is 13.4. The molecule has 15 N–H and O–H groups in total. The first-order chi connectivity index (χ1) is 38.0. The van der Waals surface area contributed by atoms with Crippen molar-refractivity contribution in [1.29, 1.82) is 0 Å². The van der Waals surface area contributed by atoms with Gasteiger partial charge in [0.15, 0.2) is 43.8 Å². The van der Waals surface area contributed by atoms with E-state index in [-0.39, 0.29) is 5.57 Å². The molecule has 30 heteroatoms. The number of aliphatic hydroxyl groups is 15. The summed E-state index contributed by atoms with van der Waals surface area (Å²) in [5.41, 5.74) is 0.232. The van der Waals surface area contributed by atoms with E-state index < -0.39 is 224 Å². The number of allylic oxidation sites excluding steroid dienone is 1. The third-order valence-electron chi connectivity index (χ3n) is 15.5. The number of rotatable bonds is 22. The van der Waals surface area contributed by atoms with E-state index in [1.165, 1.54) is 0 Å². The Morgan fingerprint density at radius 3 is 1.01 bits per heavy atom. The Hall–Kier alpha value is -1.91. The maximum Gasteiger partial charge on any atom is 0.335 e. The van der Waals surface area contributed by atoms with E-state index in [0.29, 0.717) is 18.3 Å². The predicted octanol–water partition coefficient (Wildman–Crippen LogP) is -6.67. The van der Waals surface area contributed by atoms with E-state index in [4.69, 9.17) is 66.3 Å². The maximum atomic E-state index is 13.4. The van der Waals surface area contributed by atoms with Crippen LogP contribution in [0.5, 0.6) is 0 Å². The normalized spacial score (nSPS) is 46.9. The zero-order valence-electron chi connectivity index (χ0n) is 44.9. The highest BCUT2D eigenvalue weighted by Gasteiger charge is 2.55. The van der Waals surface area contributed by atoms with Gasteiger partial charge in [-0.2, -0.15) is 0 Å². The molecule has 0 aromatic heterocycles. The van der Waals surface area contributed by atoms with E-state index >= 15 is 0 Å². The van der Waals surface area contributed by atoms with Crippen LogP contribution in [0.1, 0.15) is 66.2 Å². The number of carbonyl (C=O) groups is 1. The first kappa shape index (κ1) is 65.6. The number of ether oxygens (including phenoxy) is 14. The predicted molar refractivity (Wildman–Crippen MR) is 259 cm³/mol. The van der Waals surface area contributed by atoms with Crippen LogP contribution in [0.25, 0.3) is 0 Å². The van der Waals surface area contributed by atoms with Gasteiger partial charge in [0.2, 0.25) is 6.29 Å². The summed E-state index contributed by atoms with van der Waals surface area (Å²) in [5.74, 6) is 0.239. The van der Waals surface area contributed by atoms with Gasteiger partial charge in [-0.1, -0.05) is 52.5 Å². The van der Waals surface area contributed by atoms with Crippen molar-refractivity contribution in [3.63, 3.8) is 0 Å². The Morgan fingerprint density at radius 1 is 0.400 bits per heavy atom. The summed E-state index contributed by atoms with van der Waals surface area (Å²) in [7, 11) is 0. The van der Waals surface area contributed by atoms with Crippen molar-refractivity contribution in [1.82, 2.24) is 0 Å².